The summed E-state index contributed by atoms with van der Waals surface area (Å²) in [5.74, 6) is 2.59. The predicted octanol–water partition coefficient (Wildman–Crippen LogP) is 1.99. The second kappa shape index (κ2) is 7.52. The SMILES string of the molecule is C#CCCCC[CH]OC. The molecule has 0 bridgehead atoms. The van der Waals surface area contributed by atoms with Crippen LogP contribution in [0.2, 0.25) is 0 Å². The van der Waals surface area contributed by atoms with E-state index in [1.54, 1.807) is 13.7 Å². The van der Waals surface area contributed by atoms with Crippen molar-refractivity contribution < 1.29 is 4.74 Å². The first-order valence-corrected chi connectivity index (χ1v) is 3.19. The summed E-state index contributed by atoms with van der Waals surface area (Å²) in [6.45, 7) is 1.80. The van der Waals surface area contributed by atoms with Gasteiger partial charge in [-0.15, -0.1) is 12.3 Å². The molecule has 0 spiro atoms. The van der Waals surface area contributed by atoms with Crippen molar-refractivity contribution in [1.29, 1.82) is 0 Å². The van der Waals surface area contributed by atoms with Crippen molar-refractivity contribution in [2.24, 2.45) is 0 Å². The van der Waals surface area contributed by atoms with Gasteiger partial charge < -0.3 is 4.74 Å². The molecule has 0 rings (SSSR count). The molecule has 0 saturated heterocycles. The van der Waals surface area contributed by atoms with E-state index in [1.165, 1.54) is 0 Å². The fourth-order valence-electron chi connectivity index (χ4n) is 0.573. The van der Waals surface area contributed by atoms with E-state index < -0.39 is 0 Å². The summed E-state index contributed by atoms with van der Waals surface area (Å²) in [6.07, 6.45) is 9.19. The molecule has 0 aliphatic heterocycles. The van der Waals surface area contributed by atoms with Gasteiger partial charge in [0.15, 0.2) is 0 Å². The fourth-order valence-corrected chi connectivity index (χ4v) is 0.573. The first kappa shape index (κ1) is 8.52. The van der Waals surface area contributed by atoms with E-state index in [4.69, 9.17) is 11.2 Å². The maximum Gasteiger partial charge on any atom is 0.0832 e. The number of hydrogen-bond donors (Lipinski definition) is 0. The van der Waals surface area contributed by atoms with Crippen LogP contribution in [0.15, 0.2) is 0 Å². The molecule has 0 amide bonds. The van der Waals surface area contributed by atoms with Crippen LogP contribution in [-0.2, 0) is 4.74 Å². The molecule has 0 heterocycles. The standard InChI is InChI=1S/C8H13O/c1-3-4-5-6-7-8-9-2/h1,8H,4-7H2,2H3. The van der Waals surface area contributed by atoms with E-state index in [-0.39, 0.29) is 0 Å². The first-order valence-electron chi connectivity index (χ1n) is 3.19. The maximum absolute atomic E-state index is 5.05. The maximum atomic E-state index is 5.05. The molecule has 1 nitrogen and oxygen atoms in total. The number of unbranched alkanes of at least 4 members (excludes halogenated alkanes) is 3. The molecule has 1 heteroatoms. The van der Waals surface area contributed by atoms with E-state index in [0.717, 1.165) is 25.7 Å². The molecule has 0 fully saturated rings. The van der Waals surface area contributed by atoms with Crippen LogP contribution < -0.4 is 0 Å². The molecular formula is C8H13O. The minimum atomic E-state index is 0.886. The Hall–Kier alpha value is -0.480. The van der Waals surface area contributed by atoms with Gasteiger partial charge in [-0.3, -0.25) is 0 Å². The predicted molar refractivity (Wildman–Crippen MR) is 38.6 cm³/mol. The molecule has 0 aromatic rings. The van der Waals surface area contributed by atoms with Gasteiger partial charge in [0.1, 0.15) is 0 Å². The molecule has 0 aliphatic rings. The lowest BCUT2D eigenvalue weighted by Crippen LogP contribution is -1.80. The Labute approximate surface area is 57.4 Å². The van der Waals surface area contributed by atoms with Gasteiger partial charge in [-0.2, -0.15) is 0 Å². The van der Waals surface area contributed by atoms with Crippen LogP contribution >= 0.6 is 0 Å². The van der Waals surface area contributed by atoms with Crippen LogP contribution in [0.1, 0.15) is 25.7 Å². The molecule has 1 radical (unpaired) electrons. The molecule has 0 unspecified atom stereocenters. The summed E-state index contributed by atoms with van der Waals surface area (Å²) in [7, 11) is 1.67. The van der Waals surface area contributed by atoms with Crippen LogP contribution in [-0.4, -0.2) is 7.11 Å². The van der Waals surface area contributed by atoms with Crippen LogP contribution in [0.4, 0.5) is 0 Å². The third kappa shape index (κ3) is 7.52. The van der Waals surface area contributed by atoms with Crippen LogP contribution in [0.25, 0.3) is 0 Å². The Morgan fingerprint density at radius 3 is 2.89 bits per heavy atom. The summed E-state index contributed by atoms with van der Waals surface area (Å²) in [6, 6.07) is 0. The van der Waals surface area contributed by atoms with Gasteiger partial charge in [0, 0.05) is 13.5 Å². The Kier molecular flexibility index (Phi) is 7.12. The van der Waals surface area contributed by atoms with Crippen molar-refractivity contribution in [1.82, 2.24) is 0 Å². The number of hydrogen-bond acceptors (Lipinski definition) is 1. The van der Waals surface area contributed by atoms with E-state index in [9.17, 15) is 0 Å². The van der Waals surface area contributed by atoms with E-state index >= 15 is 0 Å². The van der Waals surface area contributed by atoms with E-state index in [0.29, 0.717) is 0 Å². The average molecular weight is 125 g/mol. The second-order valence-electron chi connectivity index (χ2n) is 1.85. The largest absolute Gasteiger partial charge is 0.379 e. The van der Waals surface area contributed by atoms with Gasteiger partial charge in [0.25, 0.3) is 0 Å². The molecule has 0 saturated carbocycles. The van der Waals surface area contributed by atoms with E-state index in [2.05, 4.69) is 5.92 Å². The summed E-state index contributed by atoms with van der Waals surface area (Å²) in [5, 5.41) is 0. The highest BCUT2D eigenvalue weighted by molar-refractivity contribution is 4.82. The minimum absolute atomic E-state index is 0.886. The van der Waals surface area contributed by atoms with Crippen molar-refractivity contribution in [3.63, 3.8) is 0 Å². The van der Waals surface area contributed by atoms with Crippen molar-refractivity contribution >= 4 is 0 Å². The summed E-state index contributed by atoms with van der Waals surface area (Å²) < 4.78 is 4.75. The summed E-state index contributed by atoms with van der Waals surface area (Å²) >= 11 is 0. The van der Waals surface area contributed by atoms with Crippen LogP contribution in [0, 0.1) is 19.0 Å². The highest BCUT2D eigenvalue weighted by Gasteiger charge is 1.85. The summed E-state index contributed by atoms with van der Waals surface area (Å²) in [4.78, 5) is 0. The molecule has 0 aromatic carbocycles. The zero-order valence-electron chi connectivity index (χ0n) is 5.89. The number of rotatable bonds is 5. The molecule has 9 heavy (non-hydrogen) atoms. The van der Waals surface area contributed by atoms with Gasteiger partial charge in [0.05, 0.1) is 6.61 Å². The molecule has 0 atom stereocenters. The summed E-state index contributed by atoms with van der Waals surface area (Å²) in [5.41, 5.74) is 0. The van der Waals surface area contributed by atoms with Crippen LogP contribution in [0.3, 0.4) is 0 Å². The zero-order valence-corrected chi connectivity index (χ0v) is 5.89. The van der Waals surface area contributed by atoms with Gasteiger partial charge in [-0.1, -0.05) is 0 Å². The lowest BCUT2D eigenvalue weighted by Gasteiger charge is -1.94. The monoisotopic (exact) mass is 125 g/mol. The van der Waals surface area contributed by atoms with Gasteiger partial charge in [-0.25, -0.2) is 0 Å². The highest BCUT2D eigenvalue weighted by Crippen LogP contribution is 2.00. The molecule has 0 aromatic heterocycles. The lowest BCUT2D eigenvalue weighted by molar-refractivity contribution is 0.262. The lowest BCUT2D eigenvalue weighted by atomic mass is 10.2. The first-order chi connectivity index (χ1) is 4.41. The third-order valence-corrected chi connectivity index (χ3v) is 1.06. The van der Waals surface area contributed by atoms with Gasteiger partial charge in [-0.05, 0) is 19.3 Å². The highest BCUT2D eigenvalue weighted by atomic mass is 16.5. The van der Waals surface area contributed by atoms with E-state index in [1.807, 2.05) is 0 Å². The van der Waals surface area contributed by atoms with Crippen molar-refractivity contribution in [2.75, 3.05) is 7.11 Å². The fraction of sp³-hybridized carbons (Fsp3) is 0.625. The number of ether oxygens (including phenoxy) is 1. The average Bonchev–Trinajstić information content (AvgIpc) is 1.89. The molecular weight excluding hydrogens is 112 g/mol. The Bertz CT molecular complexity index is 81.1. The molecule has 51 valence electrons. The Morgan fingerprint density at radius 2 is 2.33 bits per heavy atom. The molecule has 0 aliphatic carbocycles. The van der Waals surface area contributed by atoms with Crippen molar-refractivity contribution in [3.8, 4) is 12.3 Å². The topological polar surface area (TPSA) is 9.23 Å². The van der Waals surface area contributed by atoms with Gasteiger partial charge in [0.2, 0.25) is 0 Å². The number of methoxy groups -OCH3 is 1. The minimum Gasteiger partial charge on any atom is -0.379 e. The second-order valence-corrected chi connectivity index (χ2v) is 1.85. The Balaban J connectivity index is 2.69. The number of terminal acetylenes is 1. The smallest absolute Gasteiger partial charge is 0.0832 e. The van der Waals surface area contributed by atoms with Gasteiger partial charge >= 0.3 is 0 Å². The van der Waals surface area contributed by atoms with Crippen molar-refractivity contribution in [3.05, 3.63) is 6.61 Å². The normalized spacial score (nSPS) is 8.89. The zero-order chi connectivity index (χ0) is 6.95. The third-order valence-electron chi connectivity index (χ3n) is 1.06. The molecule has 0 N–H and O–H groups in total. The quantitative estimate of drug-likeness (QED) is 0.403. The Morgan fingerprint density at radius 1 is 1.56 bits per heavy atom. The van der Waals surface area contributed by atoms with Crippen molar-refractivity contribution in [2.45, 2.75) is 25.7 Å². The van der Waals surface area contributed by atoms with Crippen LogP contribution in [0.5, 0.6) is 0 Å².